The highest BCUT2D eigenvalue weighted by Crippen LogP contribution is 2.12. The molecular weight excluding hydrogens is 268 g/mol. The molecule has 0 aliphatic carbocycles. The molecule has 4 N–H and O–H groups in total. The number of amides is 4. The highest BCUT2D eigenvalue weighted by atomic mass is 16.4. The van der Waals surface area contributed by atoms with E-state index >= 15 is 0 Å². The minimum atomic E-state index is -1.18. The van der Waals surface area contributed by atoms with E-state index in [-0.39, 0.29) is 26.2 Å². The van der Waals surface area contributed by atoms with Crippen molar-refractivity contribution in [3.63, 3.8) is 0 Å². The van der Waals surface area contributed by atoms with Crippen molar-refractivity contribution in [2.75, 3.05) is 26.2 Å². The second kappa shape index (κ2) is 6.73. The van der Waals surface area contributed by atoms with Gasteiger partial charge >= 0.3 is 12.0 Å². The Morgan fingerprint density at radius 1 is 1.50 bits per heavy atom. The lowest BCUT2D eigenvalue weighted by Gasteiger charge is -2.37. The standard InChI is InChI=1S/C11H18N4O5/c1-2-14(6-8(12)16)11(20)15-4-3-13-10(19)7(15)5-9(17)18/h7H,2-6H2,1H3,(H2,12,16)(H,13,19)(H,17,18). The number of carbonyl (C=O) groups is 4. The van der Waals surface area contributed by atoms with E-state index in [9.17, 15) is 19.2 Å². The molecule has 112 valence electrons. The molecule has 1 fully saturated rings. The number of rotatable bonds is 5. The Morgan fingerprint density at radius 3 is 2.65 bits per heavy atom. The van der Waals surface area contributed by atoms with Crippen molar-refractivity contribution in [3.05, 3.63) is 0 Å². The van der Waals surface area contributed by atoms with E-state index in [4.69, 9.17) is 10.8 Å². The number of primary amides is 1. The number of carbonyl (C=O) groups excluding carboxylic acids is 3. The predicted molar refractivity (Wildman–Crippen MR) is 67.6 cm³/mol. The first kappa shape index (κ1) is 15.7. The Kier molecular flexibility index (Phi) is 5.30. The number of piperazine rings is 1. The van der Waals surface area contributed by atoms with E-state index < -0.39 is 36.3 Å². The Hall–Kier alpha value is -2.32. The summed E-state index contributed by atoms with van der Waals surface area (Å²) in [6.07, 6.45) is -0.480. The number of nitrogens with zero attached hydrogens (tertiary/aromatic N) is 2. The van der Waals surface area contributed by atoms with E-state index in [0.29, 0.717) is 0 Å². The van der Waals surface area contributed by atoms with E-state index in [2.05, 4.69) is 5.32 Å². The third-order valence-electron chi connectivity index (χ3n) is 2.94. The molecule has 0 saturated carbocycles. The van der Waals surface area contributed by atoms with Crippen molar-refractivity contribution in [1.82, 2.24) is 15.1 Å². The fourth-order valence-electron chi connectivity index (χ4n) is 2.00. The average molecular weight is 286 g/mol. The second-order valence-corrected chi connectivity index (χ2v) is 4.36. The van der Waals surface area contributed by atoms with Gasteiger partial charge in [-0.25, -0.2) is 4.79 Å². The van der Waals surface area contributed by atoms with Crippen molar-refractivity contribution >= 4 is 23.8 Å². The Balaban J connectivity index is 2.87. The first-order valence-electron chi connectivity index (χ1n) is 6.20. The molecule has 9 nitrogen and oxygen atoms in total. The number of nitrogens with one attached hydrogen (secondary N) is 1. The summed E-state index contributed by atoms with van der Waals surface area (Å²) in [5.74, 6) is -2.36. The van der Waals surface area contributed by atoms with Gasteiger partial charge in [0.15, 0.2) is 0 Å². The Bertz CT molecular complexity index is 425. The van der Waals surface area contributed by atoms with Crippen LogP contribution in [0.25, 0.3) is 0 Å². The normalized spacial score (nSPS) is 18.4. The average Bonchev–Trinajstić information content (AvgIpc) is 2.37. The van der Waals surface area contributed by atoms with Crippen LogP contribution in [-0.4, -0.2) is 70.9 Å². The number of aliphatic carboxylic acids is 1. The smallest absolute Gasteiger partial charge is 0.321 e. The molecular formula is C11H18N4O5. The highest BCUT2D eigenvalue weighted by Gasteiger charge is 2.36. The number of nitrogens with two attached hydrogens (primary N) is 1. The maximum atomic E-state index is 12.3. The number of carboxylic acid groups (broad SMARTS) is 1. The van der Waals surface area contributed by atoms with E-state index in [1.165, 1.54) is 9.80 Å². The Labute approximate surface area is 115 Å². The topological polar surface area (TPSA) is 133 Å². The molecule has 20 heavy (non-hydrogen) atoms. The van der Waals surface area contributed by atoms with E-state index in [1.54, 1.807) is 6.92 Å². The minimum Gasteiger partial charge on any atom is -0.481 e. The second-order valence-electron chi connectivity index (χ2n) is 4.36. The fourth-order valence-corrected chi connectivity index (χ4v) is 2.00. The van der Waals surface area contributed by atoms with Gasteiger partial charge in [-0.05, 0) is 6.92 Å². The molecule has 9 heteroatoms. The lowest BCUT2D eigenvalue weighted by atomic mass is 10.1. The molecule has 0 aromatic carbocycles. The van der Waals surface area contributed by atoms with Crippen molar-refractivity contribution < 1.29 is 24.3 Å². The molecule has 0 bridgehead atoms. The van der Waals surface area contributed by atoms with Crippen LogP contribution in [0.4, 0.5) is 4.79 Å². The molecule has 1 saturated heterocycles. The summed E-state index contributed by atoms with van der Waals surface area (Å²) in [5.41, 5.74) is 5.05. The van der Waals surface area contributed by atoms with Crippen molar-refractivity contribution in [3.8, 4) is 0 Å². The first-order valence-corrected chi connectivity index (χ1v) is 6.20. The number of carboxylic acids is 1. The lowest BCUT2D eigenvalue weighted by Crippen LogP contribution is -2.61. The maximum Gasteiger partial charge on any atom is 0.321 e. The van der Waals surface area contributed by atoms with Crippen LogP contribution in [-0.2, 0) is 14.4 Å². The van der Waals surface area contributed by atoms with Gasteiger partial charge in [-0.2, -0.15) is 0 Å². The third kappa shape index (κ3) is 3.84. The zero-order valence-corrected chi connectivity index (χ0v) is 11.2. The van der Waals surface area contributed by atoms with Crippen LogP contribution in [0, 0.1) is 0 Å². The molecule has 0 radical (unpaired) electrons. The zero-order valence-electron chi connectivity index (χ0n) is 11.2. The van der Waals surface area contributed by atoms with Gasteiger partial charge in [-0.1, -0.05) is 0 Å². The molecule has 1 rings (SSSR count). The molecule has 1 aliphatic heterocycles. The number of likely N-dealkylation sites (N-methyl/N-ethyl adjacent to an activating group) is 1. The van der Waals surface area contributed by atoms with Gasteiger partial charge in [0.25, 0.3) is 0 Å². The number of urea groups is 1. The summed E-state index contributed by atoms with van der Waals surface area (Å²) in [5, 5.41) is 11.3. The van der Waals surface area contributed by atoms with Gasteiger partial charge in [0.1, 0.15) is 12.6 Å². The number of hydrogen-bond acceptors (Lipinski definition) is 4. The molecule has 0 aromatic rings. The van der Waals surface area contributed by atoms with Crippen LogP contribution in [0.5, 0.6) is 0 Å². The van der Waals surface area contributed by atoms with Crippen LogP contribution < -0.4 is 11.1 Å². The van der Waals surface area contributed by atoms with Crippen molar-refractivity contribution in [1.29, 1.82) is 0 Å². The third-order valence-corrected chi connectivity index (χ3v) is 2.94. The first-order chi connectivity index (χ1) is 9.36. The predicted octanol–water partition coefficient (Wildman–Crippen LogP) is -1.81. The quantitative estimate of drug-likeness (QED) is 0.547. The van der Waals surface area contributed by atoms with E-state index in [0.717, 1.165) is 0 Å². The van der Waals surface area contributed by atoms with Gasteiger partial charge in [-0.15, -0.1) is 0 Å². The monoisotopic (exact) mass is 286 g/mol. The van der Waals surface area contributed by atoms with Gasteiger partial charge < -0.3 is 26.0 Å². The minimum absolute atomic E-state index is 0.192. The van der Waals surface area contributed by atoms with Crippen molar-refractivity contribution in [2.45, 2.75) is 19.4 Å². The summed E-state index contributed by atoms with van der Waals surface area (Å²) in [7, 11) is 0. The summed E-state index contributed by atoms with van der Waals surface area (Å²) in [6, 6.07) is -1.64. The fraction of sp³-hybridized carbons (Fsp3) is 0.636. The summed E-state index contributed by atoms with van der Waals surface area (Å²) >= 11 is 0. The van der Waals surface area contributed by atoms with Crippen LogP contribution in [0.3, 0.4) is 0 Å². The summed E-state index contributed by atoms with van der Waals surface area (Å²) < 4.78 is 0. The molecule has 0 aromatic heterocycles. The molecule has 1 aliphatic rings. The molecule has 1 atom stereocenters. The number of hydrogen-bond donors (Lipinski definition) is 3. The largest absolute Gasteiger partial charge is 0.481 e. The molecule has 1 heterocycles. The van der Waals surface area contributed by atoms with Crippen LogP contribution >= 0.6 is 0 Å². The SMILES string of the molecule is CCN(CC(N)=O)C(=O)N1CCNC(=O)C1CC(=O)O. The van der Waals surface area contributed by atoms with Gasteiger partial charge in [0, 0.05) is 19.6 Å². The van der Waals surface area contributed by atoms with E-state index in [1.807, 2.05) is 0 Å². The molecule has 0 spiro atoms. The van der Waals surface area contributed by atoms with Crippen LogP contribution in [0.2, 0.25) is 0 Å². The summed E-state index contributed by atoms with van der Waals surface area (Å²) in [6.45, 7) is 2.07. The highest BCUT2D eigenvalue weighted by molar-refractivity contribution is 5.92. The summed E-state index contributed by atoms with van der Waals surface area (Å²) in [4.78, 5) is 48.0. The Morgan fingerprint density at radius 2 is 2.15 bits per heavy atom. The zero-order chi connectivity index (χ0) is 15.3. The van der Waals surface area contributed by atoms with Crippen molar-refractivity contribution in [2.24, 2.45) is 5.73 Å². The lowest BCUT2D eigenvalue weighted by molar-refractivity contribution is -0.142. The van der Waals surface area contributed by atoms with Crippen LogP contribution in [0.1, 0.15) is 13.3 Å². The van der Waals surface area contributed by atoms with Gasteiger partial charge in [-0.3, -0.25) is 14.4 Å². The van der Waals surface area contributed by atoms with Gasteiger partial charge in [0.05, 0.1) is 6.42 Å². The van der Waals surface area contributed by atoms with Gasteiger partial charge in [0.2, 0.25) is 11.8 Å². The maximum absolute atomic E-state index is 12.3. The molecule has 1 unspecified atom stereocenters. The van der Waals surface area contributed by atoms with Crippen LogP contribution in [0.15, 0.2) is 0 Å². The molecule has 4 amide bonds.